The van der Waals surface area contributed by atoms with E-state index in [2.05, 4.69) is 20.5 Å². The molecule has 1 saturated heterocycles. The number of nitrogens with one attached hydrogen (secondary N) is 1. The first-order valence-corrected chi connectivity index (χ1v) is 8.18. The van der Waals surface area contributed by atoms with Gasteiger partial charge < -0.3 is 10.2 Å². The van der Waals surface area contributed by atoms with E-state index in [1.54, 1.807) is 28.2 Å². The quantitative estimate of drug-likeness (QED) is 0.758. The summed E-state index contributed by atoms with van der Waals surface area (Å²) in [6, 6.07) is 5.56. The van der Waals surface area contributed by atoms with Crippen LogP contribution in [0.25, 0.3) is 0 Å². The lowest BCUT2D eigenvalue weighted by atomic mass is 10.2. The first kappa shape index (κ1) is 15.4. The highest BCUT2D eigenvalue weighted by Gasteiger charge is 2.33. The van der Waals surface area contributed by atoms with Gasteiger partial charge in [0.1, 0.15) is 6.04 Å². The second-order valence-corrected chi connectivity index (χ2v) is 6.10. The summed E-state index contributed by atoms with van der Waals surface area (Å²) in [6.45, 7) is 1.28. The third-order valence-electron chi connectivity index (χ3n) is 4.23. The zero-order valence-electron chi connectivity index (χ0n) is 13.9. The highest BCUT2D eigenvalue weighted by atomic mass is 16.2. The van der Waals surface area contributed by atoms with E-state index in [1.807, 2.05) is 42.3 Å². The van der Waals surface area contributed by atoms with Crippen LogP contribution in [0.1, 0.15) is 12.1 Å². The summed E-state index contributed by atoms with van der Waals surface area (Å²) in [5, 5.41) is 11.7. The Morgan fingerprint density at radius 1 is 1.24 bits per heavy atom. The molecule has 25 heavy (non-hydrogen) atoms. The van der Waals surface area contributed by atoms with Crippen molar-refractivity contribution in [1.29, 1.82) is 0 Å². The van der Waals surface area contributed by atoms with E-state index in [1.165, 1.54) is 0 Å². The van der Waals surface area contributed by atoms with Crippen LogP contribution < -0.4 is 10.2 Å². The van der Waals surface area contributed by atoms with E-state index in [0.717, 1.165) is 23.5 Å². The van der Waals surface area contributed by atoms with E-state index in [0.29, 0.717) is 13.1 Å². The maximum absolute atomic E-state index is 12.6. The van der Waals surface area contributed by atoms with Crippen LogP contribution in [0.4, 0.5) is 11.4 Å². The smallest absolute Gasteiger partial charge is 0.249 e. The van der Waals surface area contributed by atoms with Crippen LogP contribution in [0.5, 0.6) is 0 Å². The first-order chi connectivity index (χ1) is 12.2. The Morgan fingerprint density at radius 2 is 2.16 bits per heavy atom. The molecule has 0 aliphatic carbocycles. The zero-order chi connectivity index (χ0) is 17.2. The van der Waals surface area contributed by atoms with Crippen molar-refractivity contribution in [3.8, 4) is 0 Å². The number of nitrogens with zero attached hydrogens (tertiary/aromatic N) is 6. The van der Waals surface area contributed by atoms with Crippen LogP contribution >= 0.6 is 0 Å². The van der Waals surface area contributed by atoms with E-state index in [-0.39, 0.29) is 11.9 Å². The Labute approximate surface area is 145 Å². The minimum atomic E-state index is -0.243. The van der Waals surface area contributed by atoms with Crippen LogP contribution in [0.3, 0.4) is 0 Å². The number of pyridine rings is 1. The number of hydrogen-bond donors (Lipinski definition) is 1. The summed E-state index contributed by atoms with van der Waals surface area (Å²) >= 11 is 0. The topological polar surface area (TPSA) is 80.9 Å². The molecule has 1 N–H and O–H groups in total. The second-order valence-electron chi connectivity index (χ2n) is 6.10. The molecule has 128 valence electrons. The summed E-state index contributed by atoms with van der Waals surface area (Å²) in [6.07, 6.45) is 9.72. The molecule has 0 aromatic carbocycles. The molecule has 1 fully saturated rings. The predicted molar refractivity (Wildman–Crippen MR) is 93.2 cm³/mol. The number of carbonyl (C=O) groups excluding carboxylic acids is 1. The maximum Gasteiger partial charge on any atom is 0.249 e. The molecule has 0 saturated carbocycles. The molecule has 0 spiro atoms. The number of aromatic nitrogens is 5. The first-order valence-electron chi connectivity index (χ1n) is 8.18. The molecule has 1 unspecified atom stereocenters. The molecule has 4 heterocycles. The lowest BCUT2D eigenvalue weighted by Crippen LogP contribution is -2.33. The lowest BCUT2D eigenvalue weighted by molar-refractivity contribution is -0.117. The van der Waals surface area contributed by atoms with Gasteiger partial charge in [-0.05, 0) is 18.6 Å². The van der Waals surface area contributed by atoms with Crippen molar-refractivity contribution >= 4 is 17.3 Å². The molecule has 0 radical (unpaired) electrons. The van der Waals surface area contributed by atoms with Gasteiger partial charge in [-0.2, -0.15) is 10.2 Å². The number of amides is 1. The average Bonchev–Trinajstić information content (AvgIpc) is 3.31. The normalized spacial score (nSPS) is 17.2. The fourth-order valence-corrected chi connectivity index (χ4v) is 3.00. The molecule has 0 bridgehead atoms. The lowest BCUT2D eigenvalue weighted by Gasteiger charge is -2.15. The molecular weight excluding hydrogens is 318 g/mol. The zero-order valence-corrected chi connectivity index (χ0v) is 13.9. The van der Waals surface area contributed by atoms with Gasteiger partial charge >= 0.3 is 0 Å². The molecule has 8 heteroatoms. The van der Waals surface area contributed by atoms with Gasteiger partial charge in [0.05, 0.1) is 36.0 Å². The Bertz CT molecular complexity index is 870. The monoisotopic (exact) mass is 337 g/mol. The summed E-state index contributed by atoms with van der Waals surface area (Å²) in [5.41, 5.74) is 2.61. The summed E-state index contributed by atoms with van der Waals surface area (Å²) in [5.74, 6) is 0.0606. The SMILES string of the molecule is Cn1cc(N2CCC(Nc3cnn(Cc4ccccn4)c3)C2=O)cn1. The van der Waals surface area contributed by atoms with Crippen LogP contribution in [-0.2, 0) is 18.4 Å². The van der Waals surface area contributed by atoms with Crippen molar-refractivity contribution in [2.75, 3.05) is 16.8 Å². The minimum Gasteiger partial charge on any atom is -0.371 e. The van der Waals surface area contributed by atoms with Gasteiger partial charge in [0.2, 0.25) is 5.91 Å². The van der Waals surface area contributed by atoms with Gasteiger partial charge in [-0.1, -0.05) is 6.07 Å². The molecule has 3 aromatic heterocycles. The van der Waals surface area contributed by atoms with Crippen LogP contribution in [0.15, 0.2) is 49.2 Å². The number of rotatable bonds is 5. The molecule has 4 rings (SSSR count). The summed E-state index contributed by atoms with van der Waals surface area (Å²) in [4.78, 5) is 18.7. The molecule has 3 aromatic rings. The minimum absolute atomic E-state index is 0.0606. The number of aryl methyl sites for hydroxylation is 1. The number of carbonyl (C=O) groups is 1. The fraction of sp³-hybridized carbons (Fsp3) is 0.294. The third kappa shape index (κ3) is 3.23. The van der Waals surface area contributed by atoms with Crippen LogP contribution in [-0.4, -0.2) is 43.0 Å². The molecule has 8 nitrogen and oxygen atoms in total. The van der Waals surface area contributed by atoms with Crippen molar-refractivity contribution in [1.82, 2.24) is 24.5 Å². The average molecular weight is 337 g/mol. The van der Waals surface area contributed by atoms with Gasteiger partial charge in [0, 0.05) is 32.2 Å². The van der Waals surface area contributed by atoms with Crippen molar-refractivity contribution in [3.63, 3.8) is 0 Å². The maximum atomic E-state index is 12.6. The largest absolute Gasteiger partial charge is 0.371 e. The number of hydrogen-bond acceptors (Lipinski definition) is 5. The van der Waals surface area contributed by atoms with Gasteiger partial charge in [0.25, 0.3) is 0 Å². The summed E-state index contributed by atoms with van der Waals surface area (Å²) in [7, 11) is 1.84. The van der Waals surface area contributed by atoms with E-state index < -0.39 is 0 Å². The Balaban J connectivity index is 1.40. The van der Waals surface area contributed by atoms with E-state index >= 15 is 0 Å². The standard InChI is InChI=1S/C17H19N7O/c1-22-12-15(9-19-22)24-7-5-16(17(24)25)21-14-8-20-23(11-14)10-13-4-2-3-6-18-13/h2-4,6,8-9,11-12,16,21H,5,7,10H2,1H3. The molecule has 1 aliphatic heterocycles. The Hall–Kier alpha value is -3.16. The fourth-order valence-electron chi connectivity index (χ4n) is 3.00. The molecule has 1 atom stereocenters. The van der Waals surface area contributed by atoms with Crippen LogP contribution in [0, 0.1) is 0 Å². The molecule has 1 aliphatic rings. The highest BCUT2D eigenvalue weighted by Crippen LogP contribution is 2.23. The third-order valence-corrected chi connectivity index (χ3v) is 4.23. The van der Waals surface area contributed by atoms with Crippen LogP contribution in [0.2, 0.25) is 0 Å². The highest BCUT2D eigenvalue weighted by molar-refractivity contribution is 6.00. The van der Waals surface area contributed by atoms with E-state index in [9.17, 15) is 4.79 Å². The van der Waals surface area contributed by atoms with Crippen molar-refractivity contribution in [2.45, 2.75) is 19.0 Å². The second kappa shape index (κ2) is 6.39. The Kier molecular flexibility index (Phi) is 3.93. The van der Waals surface area contributed by atoms with Crippen molar-refractivity contribution < 1.29 is 4.79 Å². The van der Waals surface area contributed by atoms with Crippen molar-refractivity contribution in [2.24, 2.45) is 7.05 Å². The van der Waals surface area contributed by atoms with Gasteiger partial charge in [-0.3, -0.25) is 19.1 Å². The Morgan fingerprint density at radius 3 is 2.92 bits per heavy atom. The molecule has 1 amide bonds. The van der Waals surface area contributed by atoms with E-state index in [4.69, 9.17) is 0 Å². The van der Waals surface area contributed by atoms with Gasteiger partial charge in [0.15, 0.2) is 0 Å². The predicted octanol–water partition coefficient (Wildman–Crippen LogP) is 1.28. The summed E-state index contributed by atoms with van der Waals surface area (Å²) < 4.78 is 3.51. The van der Waals surface area contributed by atoms with Gasteiger partial charge in [-0.25, -0.2) is 0 Å². The van der Waals surface area contributed by atoms with Gasteiger partial charge in [-0.15, -0.1) is 0 Å². The number of anilines is 2. The van der Waals surface area contributed by atoms with Crippen molar-refractivity contribution in [3.05, 3.63) is 54.9 Å². The molecular formula is C17H19N7O.